The van der Waals surface area contributed by atoms with E-state index in [9.17, 15) is 0 Å². The lowest BCUT2D eigenvalue weighted by Gasteiger charge is -2.06. The molecule has 20 heavy (non-hydrogen) atoms. The highest BCUT2D eigenvalue weighted by molar-refractivity contribution is 7.80. The van der Waals surface area contributed by atoms with Crippen LogP contribution in [-0.2, 0) is 6.54 Å². The highest BCUT2D eigenvalue weighted by Gasteiger charge is 1.94. The van der Waals surface area contributed by atoms with Crippen LogP contribution in [0.2, 0.25) is 0 Å². The highest BCUT2D eigenvalue weighted by Crippen LogP contribution is 2.00. The third kappa shape index (κ3) is 4.82. The fraction of sp³-hybridized carbons (Fsp3) is 0.125. The Morgan fingerprint density at radius 2 is 1.95 bits per heavy atom. The molecule has 0 radical (unpaired) electrons. The first kappa shape index (κ1) is 14.2. The van der Waals surface area contributed by atoms with Gasteiger partial charge in [0.25, 0.3) is 0 Å². The molecule has 0 heterocycles. The van der Waals surface area contributed by atoms with Crippen LogP contribution in [0.15, 0.2) is 59.7 Å². The maximum Gasteiger partial charge on any atom is 0.187 e. The fourth-order valence-corrected chi connectivity index (χ4v) is 1.86. The summed E-state index contributed by atoms with van der Waals surface area (Å²) in [5.74, 6) is 0. The molecule has 2 aromatic carbocycles. The number of benzene rings is 2. The van der Waals surface area contributed by atoms with Crippen molar-refractivity contribution < 1.29 is 0 Å². The summed E-state index contributed by atoms with van der Waals surface area (Å²) in [5.41, 5.74) is 6.24. The standard InChI is InChI=1S/C16H17N3S/c1-13-6-5-9-15(10-13)12-18-19-16(20)17-11-14-7-3-2-4-8-14/h2-10,12H,11H2,1H3,(H2,17,19,20). The number of thiocarbonyl (C=S) groups is 1. The lowest BCUT2D eigenvalue weighted by molar-refractivity contribution is 0.869. The summed E-state index contributed by atoms with van der Waals surface area (Å²) in [6.07, 6.45) is 1.75. The van der Waals surface area contributed by atoms with Gasteiger partial charge in [0.2, 0.25) is 0 Å². The monoisotopic (exact) mass is 283 g/mol. The maximum absolute atomic E-state index is 5.16. The van der Waals surface area contributed by atoms with E-state index in [1.807, 2.05) is 42.5 Å². The molecule has 4 heteroatoms. The summed E-state index contributed by atoms with van der Waals surface area (Å²) in [6, 6.07) is 18.2. The quantitative estimate of drug-likeness (QED) is 0.514. The molecule has 0 atom stereocenters. The molecule has 0 aromatic heterocycles. The number of hydrogen-bond donors (Lipinski definition) is 2. The molecule has 0 bridgehead atoms. The Morgan fingerprint density at radius 3 is 2.70 bits per heavy atom. The topological polar surface area (TPSA) is 36.4 Å². The lowest BCUT2D eigenvalue weighted by Crippen LogP contribution is -2.31. The third-order valence-corrected chi connectivity index (χ3v) is 2.95. The Hall–Kier alpha value is -2.20. The van der Waals surface area contributed by atoms with Crippen molar-refractivity contribution in [1.82, 2.24) is 10.7 Å². The number of aryl methyl sites for hydroxylation is 1. The first-order valence-corrected chi connectivity index (χ1v) is 6.82. The smallest absolute Gasteiger partial charge is 0.187 e. The first-order chi connectivity index (χ1) is 9.74. The Kier molecular flexibility index (Phi) is 5.26. The van der Waals surface area contributed by atoms with Gasteiger partial charge in [-0.2, -0.15) is 5.10 Å². The molecule has 0 amide bonds. The molecule has 0 saturated heterocycles. The molecule has 102 valence electrons. The van der Waals surface area contributed by atoms with Gasteiger partial charge in [0.1, 0.15) is 0 Å². The van der Waals surface area contributed by atoms with E-state index >= 15 is 0 Å². The Balaban J connectivity index is 1.78. The number of nitrogens with one attached hydrogen (secondary N) is 2. The molecule has 0 saturated carbocycles. The van der Waals surface area contributed by atoms with Crippen molar-refractivity contribution in [2.45, 2.75) is 13.5 Å². The van der Waals surface area contributed by atoms with Crippen LogP contribution < -0.4 is 10.7 Å². The molecular formula is C16H17N3S. The zero-order valence-electron chi connectivity index (χ0n) is 11.3. The van der Waals surface area contributed by atoms with Crippen molar-refractivity contribution in [3.05, 3.63) is 71.3 Å². The van der Waals surface area contributed by atoms with Gasteiger partial charge in [-0.3, -0.25) is 5.43 Å². The summed E-state index contributed by atoms with van der Waals surface area (Å²) in [7, 11) is 0. The van der Waals surface area contributed by atoms with Crippen molar-refractivity contribution in [3.63, 3.8) is 0 Å². The Bertz CT molecular complexity index is 594. The van der Waals surface area contributed by atoms with E-state index in [4.69, 9.17) is 12.2 Å². The number of nitrogens with zero attached hydrogens (tertiary/aromatic N) is 1. The fourth-order valence-electron chi connectivity index (χ4n) is 1.73. The summed E-state index contributed by atoms with van der Waals surface area (Å²) in [5, 5.41) is 7.73. The van der Waals surface area contributed by atoms with Crippen molar-refractivity contribution in [2.24, 2.45) is 5.10 Å². The van der Waals surface area contributed by atoms with Gasteiger partial charge in [-0.1, -0.05) is 60.2 Å². The Labute approximate surface area is 124 Å². The molecule has 2 rings (SSSR count). The Morgan fingerprint density at radius 1 is 1.15 bits per heavy atom. The van der Waals surface area contributed by atoms with Crippen molar-refractivity contribution in [1.29, 1.82) is 0 Å². The molecule has 0 aliphatic carbocycles. The van der Waals surface area contributed by atoms with Crippen molar-refractivity contribution >= 4 is 23.5 Å². The number of hydrogen-bond acceptors (Lipinski definition) is 2. The number of hydrazone groups is 1. The van der Waals surface area contributed by atoms with E-state index in [0.29, 0.717) is 11.7 Å². The predicted octanol–water partition coefficient (Wildman–Crippen LogP) is 2.99. The second kappa shape index (κ2) is 7.40. The molecule has 0 aliphatic heterocycles. The molecule has 2 N–H and O–H groups in total. The molecule has 2 aromatic rings. The minimum absolute atomic E-state index is 0.512. The van der Waals surface area contributed by atoms with E-state index < -0.39 is 0 Å². The average Bonchev–Trinajstić information content (AvgIpc) is 2.46. The van der Waals surface area contributed by atoms with Gasteiger partial charge < -0.3 is 5.32 Å². The summed E-state index contributed by atoms with van der Waals surface area (Å²) < 4.78 is 0. The largest absolute Gasteiger partial charge is 0.357 e. The second-order valence-electron chi connectivity index (χ2n) is 4.45. The minimum Gasteiger partial charge on any atom is -0.357 e. The van der Waals surface area contributed by atoms with Crippen LogP contribution >= 0.6 is 12.2 Å². The van der Waals surface area contributed by atoms with Crippen LogP contribution in [-0.4, -0.2) is 11.3 Å². The zero-order valence-corrected chi connectivity index (χ0v) is 12.2. The van der Waals surface area contributed by atoms with E-state index in [1.54, 1.807) is 6.21 Å². The molecule has 0 spiro atoms. The van der Waals surface area contributed by atoms with Gasteiger partial charge in [-0.05, 0) is 30.3 Å². The van der Waals surface area contributed by atoms with Crippen molar-refractivity contribution in [2.75, 3.05) is 0 Å². The normalized spacial score (nSPS) is 10.4. The summed E-state index contributed by atoms with van der Waals surface area (Å²) >= 11 is 5.16. The third-order valence-electron chi connectivity index (χ3n) is 2.72. The predicted molar refractivity (Wildman–Crippen MR) is 87.8 cm³/mol. The summed E-state index contributed by atoms with van der Waals surface area (Å²) in [6.45, 7) is 2.74. The lowest BCUT2D eigenvalue weighted by atomic mass is 10.2. The molecule has 3 nitrogen and oxygen atoms in total. The first-order valence-electron chi connectivity index (χ1n) is 6.41. The molecule has 0 aliphatic rings. The van der Waals surface area contributed by atoms with Crippen LogP contribution in [0.3, 0.4) is 0 Å². The molecule has 0 unspecified atom stereocenters. The number of rotatable bonds is 4. The van der Waals surface area contributed by atoms with E-state index in [1.165, 1.54) is 11.1 Å². The zero-order chi connectivity index (χ0) is 14.2. The van der Waals surface area contributed by atoms with E-state index in [0.717, 1.165) is 5.56 Å². The van der Waals surface area contributed by atoms with Crippen LogP contribution in [0.4, 0.5) is 0 Å². The minimum atomic E-state index is 0.512. The summed E-state index contributed by atoms with van der Waals surface area (Å²) in [4.78, 5) is 0. The van der Waals surface area contributed by atoms with Gasteiger partial charge in [0.15, 0.2) is 5.11 Å². The van der Waals surface area contributed by atoms with Gasteiger partial charge in [-0.25, -0.2) is 0 Å². The highest BCUT2D eigenvalue weighted by atomic mass is 32.1. The maximum atomic E-state index is 5.16. The van der Waals surface area contributed by atoms with Crippen LogP contribution in [0.1, 0.15) is 16.7 Å². The van der Waals surface area contributed by atoms with Crippen LogP contribution in [0.25, 0.3) is 0 Å². The van der Waals surface area contributed by atoms with Crippen LogP contribution in [0.5, 0.6) is 0 Å². The van der Waals surface area contributed by atoms with E-state index in [-0.39, 0.29) is 0 Å². The van der Waals surface area contributed by atoms with Gasteiger partial charge in [-0.15, -0.1) is 0 Å². The molecular weight excluding hydrogens is 266 g/mol. The molecule has 0 fully saturated rings. The SMILES string of the molecule is Cc1cccc(C=NNC(=S)NCc2ccccc2)c1. The second-order valence-corrected chi connectivity index (χ2v) is 4.86. The van der Waals surface area contributed by atoms with Crippen molar-refractivity contribution in [3.8, 4) is 0 Å². The van der Waals surface area contributed by atoms with Gasteiger partial charge in [0, 0.05) is 6.54 Å². The van der Waals surface area contributed by atoms with Crippen LogP contribution in [0, 0.1) is 6.92 Å². The van der Waals surface area contributed by atoms with Gasteiger partial charge >= 0.3 is 0 Å². The van der Waals surface area contributed by atoms with E-state index in [2.05, 4.69) is 34.9 Å². The van der Waals surface area contributed by atoms with Gasteiger partial charge in [0.05, 0.1) is 6.21 Å². The average molecular weight is 283 g/mol.